The van der Waals surface area contributed by atoms with Crippen LogP contribution in [0.15, 0.2) is 41.0 Å². The minimum atomic E-state index is 0.402. The number of hydrogen-bond donors (Lipinski definition) is 0. The summed E-state index contributed by atoms with van der Waals surface area (Å²) >= 11 is 3.60. The van der Waals surface area contributed by atoms with E-state index in [1.54, 1.807) is 0 Å². The molecule has 3 rings (SSSR count). The Balaban J connectivity index is 1.86. The van der Waals surface area contributed by atoms with Crippen molar-refractivity contribution in [3.05, 3.63) is 52.3 Å². The fraction of sp³-hybridized carbons (Fsp3) is 0.400. The highest BCUT2D eigenvalue weighted by Crippen LogP contribution is 2.31. The number of nitrogens with zero attached hydrogens (tertiary/aromatic N) is 3. The zero-order chi connectivity index (χ0) is 13.4. The third kappa shape index (κ3) is 2.35. The average Bonchev–Trinajstić information content (AvgIpc) is 2.79. The van der Waals surface area contributed by atoms with E-state index < -0.39 is 0 Å². The van der Waals surface area contributed by atoms with Crippen molar-refractivity contribution >= 4 is 15.9 Å². The molecule has 0 saturated heterocycles. The lowest BCUT2D eigenvalue weighted by Crippen LogP contribution is -2.43. The van der Waals surface area contributed by atoms with Crippen LogP contribution in [0.3, 0.4) is 0 Å². The SMILES string of the molecule is C[C@@H]1[C@H](C)N(Cc2ccccc2)Cc2c(Br)cnn21. The molecule has 0 unspecified atom stereocenters. The molecule has 2 heterocycles. The summed E-state index contributed by atoms with van der Waals surface area (Å²) in [6.45, 7) is 6.46. The van der Waals surface area contributed by atoms with Crippen LogP contribution in [0.25, 0.3) is 0 Å². The molecule has 0 amide bonds. The molecule has 0 spiro atoms. The van der Waals surface area contributed by atoms with Gasteiger partial charge in [0.2, 0.25) is 0 Å². The van der Waals surface area contributed by atoms with Crippen LogP contribution in [-0.2, 0) is 13.1 Å². The first-order valence-corrected chi connectivity index (χ1v) is 7.46. The van der Waals surface area contributed by atoms with Crippen molar-refractivity contribution in [3.8, 4) is 0 Å². The maximum Gasteiger partial charge on any atom is 0.0670 e. The van der Waals surface area contributed by atoms with Crippen LogP contribution in [0.1, 0.15) is 31.1 Å². The second kappa shape index (κ2) is 5.10. The monoisotopic (exact) mass is 319 g/mol. The Bertz CT molecular complexity index is 564. The van der Waals surface area contributed by atoms with Gasteiger partial charge in [0.05, 0.1) is 22.4 Å². The highest BCUT2D eigenvalue weighted by Gasteiger charge is 2.30. The fourth-order valence-corrected chi connectivity index (χ4v) is 3.13. The van der Waals surface area contributed by atoms with Crippen molar-refractivity contribution in [1.29, 1.82) is 0 Å². The number of benzene rings is 1. The molecule has 0 N–H and O–H groups in total. The maximum absolute atomic E-state index is 4.47. The minimum Gasteiger partial charge on any atom is -0.288 e. The van der Waals surface area contributed by atoms with Crippen LogP contribution in [0, 0.1) is 0 Å². The Morgan fingerprint density at radius 2 is 1.95 bits per heavy atom. The standard InChI is InChI=1S/C15H18BrN3/c1-11-12(2)19-15(14(16)8-17-19)10-18(11)9-13-6-4-3-5-7-13/h3-8,11-12H,9-10H2,1-2H3/t11-,12+/m0/s1. The molecular formula is C15H18BrN3. The molecule has 1 aliphatic heterocycles. The molecule has 100 valence electrons. The molecule has 3 nitrogen and oxygen atoms in total. The van der Waals surface area contributed by atoms with E-state index in [4.69, 9.17) is 0 Å². The van der Waals surface area contributed by atoms with Crippen LogP contribution < -0.4 is 0 Å². The first-order chi connectivity index (χ1) is 9.16. The third-order valence-electron chi connectivity index (χ3n) is 4.09. The Morgan fingerprint density at radius 1 is 1.21 bits per heavy atom. The van der Waals surface area contributed by atoms with Crippen molar-refractivity contribution in [2.75, 3.05) is 0 Å². The largest absolute Gasteiger partial charge is 0.288 e. The number of fused-ring (bicyclic) bond motifs is 1. The average molecular weight is 320 g/mol. The molecule has 2 atom stereocenters. The van der Waals surface area contributed by atoms with Gasteiger partial charge in [-0.05, 0) is 35.3 Å². The lowest BCUT2D eigenvalue weighted by molar-refractivity contribution is 0.106. The summed E-state index contributed by atoms with van der Waals surface area (Å²) in [5, 5.41) is 4.47. The van der Waals surface area contributed by atoms with Crippen LogP contribution in [-0.4, -0.2) is 20.7 Å². The van der Waals surface area contributed by atoms with Gasteiger partial charge in [0.15, 0.2) is 0 Å². The summed E-state index contributed by atoms with van der Waals surface area (Å²) in [5.41, 5.74) is 2.65. The van der Waals surface area contributed by atoms with Crippen molar-refractivity contribution in [3.63, 3.8) is 0 Å². The summed E-state index contributed by atoms with van der Waals surface area (Å²) in [7, 11) is 0. The number of halogens is 1. The van der Waals surface area contributed by atoms with E-state index in [-0.39, 0.29) is 0 Å². The molecular weight excluding hydrogens is 302 g/mol. The molecule has 0 aliphatic carbocycles. The van der Waals surface area contributed by atoms with Gasteiger partial charge in [-0.2, -0.15) is 5.10 Å². The van der Waals surface area contributed by atoms with Gasteiger partial charge in [0.25, 0.3) is 0 Å². The topological polar surface area (TPSA) is 21.1 Å². The maximum atomic E-state index is 4.47. The Morgan fingerprint density at radius 3 is 2.68 bits per heavy atom. The molecule has 19 heavy (non-hydrogen) atoms. The van der Waals surface area contributed by atoms with Gasteiger partial charge >= 0.3 is 0 Å². The molecule has 2 aromatic rings. The normalized spacial score (nSPS) is 23.3. The van der Waals surface area contributed by atoms with Crippen molar-refractivity contribution < 1.29 is 0 Å². The summed E-state index contributed by atoms with van der Waals surface area (Å²) in [5.74, 6) is 0. The second-order valence-corrected chi connectivity index (χ2v) is 6.11. The van der Waals surface area contributed by atoms with E-state index in [0.29, 0.717) is 12.1 Å². The lowest BCUT2D eigenvalue weighted by Gasteiger charge is -2.38. The van der Waals surface area contributed by atoms with Gasteiger partial charge in [-0.1, -0.05) is 30.3 Å². The first-order valence-electron chi connectivity index (χ1n) is 6.66. The van der Waals surface area contributed by atoms with E-state index in [1.165, 1.54) is 11.3 Å². The zero-order valence-corrected chi connectivity index (χ0v) is 12.8. The number of rotatable bonds is 2. The predicted molar refractivity (Wildman–Crippen MR) is 79.8 cm³/mol. The second-order valence-electron chi connectivity index (χ2n) is 5.26. The summed E-state index contributed by atoms with van der Waals surface area (Å²) in [6, 6.07) is 11.5. The van der Waals surface area contributed by atoms with Crippen molar-refractivity contribution in [2.24, 2.45) is 0 Å². The highest BCUT2D eigenvalue weighted by molar-refractivity contribution is 9.10. The summed E-state index contributed by atoms with van der Waals surface area (Å²) in [6.07, 6.45) is 1.91. The molecule has 0 radical (unpaired) electrons. The fourth-order valence-electron chi connectivity index (χ4n) is 2.73. The van der Waals surface area contributed by atoms with Gasteiger partial charge in [0.1, 0.15) is 0 Å². The van der Waals surface area contributed by atoms with Gasteiger partial charge in [-0.15, -0.1) is 0 Å². The molecule has 0 saturated carbocycles. The van der Waals surface area contributed by atoms with Crippen molar-refractivity contribution in [1.82, 2.24) is 14.7 Å². The van der Waals surface area contributed by atoms with Gasteiger partial charge in [-0.3, -0.25) is 9.58 Å². The van der Waals surface area contributed by atoms with E-state index in [1.807, 2.05) is 6.20 Å². The minimum absolute atomic E-state index is 0.402. The van der Waals surface area contributed by atoms with Crippen LogP contribution in [0.4, 0.5) is 0 Å². The first kappa shape index (κ1) is 12.9. The molecule has 4 heteroatoms. The Labute approximate surface area is 122 Å². The summed E-state index contributed by atoms with van der Waals surface area (Å²) < 4.78 is 3.26. The predicted octanol–water partition coefficient (Wildman–Crippen LogP) is 3.61. The lowest BCUT2D eigenvalue weighted by atomic mass is 10.1. The van der Waals surface area contributed by atoms with Gasteiger partial charge < -0.3 is 0 Å². The Hall–Kier alpha value is -1.13. The van der Waals surface area contributed by atoms with E-state index >= 15 is 0 Å². The highest BCUT2D eigenvalue weighted by atomic mass is 79.9. The third-order valence-corrected chi connectivity index (χ3v) is 4.75. The zero-order valence-electron chi connectivity index (χ0n) is 11.3. The van der Waals surface area contributed by atoms with E-state index in [2.05, 4.69) is 74.8 Å². The summed E-state index contributed by atoms with van der Waals surface area (Å²) in [4.78, 5) is 2.52. The van der Waals surface area contributed by atoms with Crippen LogP contribution >= 0.6 is 15.9 Å². The molecule has 1 aromatic heterocycles. The van der Waals surface area contributed by atoms with Crippen LogP contribution in [0.2, 0.25) is 0 Å². The smallest absolute Gasteiger partial charge is 0.0670 e. The molecule has 0 bridgehead atoms. The van der Waals surface area contributed by atoms with Crippen molar-refractivity contribution in [2.45, 2.75) is 39.0 Å². The molecule has 1 aromatic carbocycles. The van der Waals surface area contributed by atoms with E-state index in [0.717, 1.165) is 17.6 Å². The molecule has 1 aliphatic rings. The quantitative estimate of drug-likeness (QED) is 0.843. The number of hydrogen-bond acceptors (Lipinski definition) is 2. The van der Waals surface area contributed by atoms with Gasteiger partial charge in [0, 0.05) is 19.1 Å². The van der Waals surface area contributed by atoms with Gasteiger partial charge in [-0.25, -0.2) is 0 Å². The van der Waals surface area contributed by atoms with E-state index in [9.17, 15) is 0 Å². The Kier molecular flexibility index (Phi) is 3.46. The van der Waals surface area contributed by atoms with Crippen LogP contribution in [0.5, 0.6) is 0 Å². The number of aromatic nitrogens is 2. The molecule has 0 fully saturated rings.